The maximum atomic E-state index is 15.0. The average molecular weight is 719 g/mol. The number of amides is 1. The molecule has 0 radical (unpaired) electrons. The van der Waals surface area contributed by atoms with Crippen LogP contribution in [0.25, 0.3) is 22.5 Å². The van der Waals surface area contributed by atoms with Crippen LogP contribution in [0, 0.1) is 10.8 Å². The zero-order valence-electron chi connectivity index (χ0n) is 29.0. The van der Waals surface area contributed by atoms with Crippen molar-refractivity contribution in [2.75, 3.05) is 6.61 Å². The zero-order chi connectivity index (χ0) is 36.3. The molecule has 1 amide bonds. The highest BCUT2D eigenvalue weighted by Gasteiger charge is 2.60. The van der Waals surface area contributed by atoms with E-state index in [1.165, 1.54) is 11.2 Å². The molecule has 7 rings (SSSR count). The largest absolute Gasteiger partial charge is 0.463 e. The third-order valence-corrected chi connectivity index (χ3v) is 10.5. The van der Waals surface area contributed by atoms with Crippen LogP contribution >= 0.6 is 11.6 Å². The predicted molar refractivity (Wildman–Crippen MR) is 188 cm³/mol. The first kappa shape index (κ1) is 34.8. The number of halogens is 3. The molecular weight excluding hydrogens is 678 g/mol. The van der Waals surface area contributed by atoms with Crippen molar-refractivity contribution in [3.63, 3.8) is 0 Å². The van der Waals surface area contributed by atoms with Crippen molar-refractivity contribution < 1.29 is 23.1 Å². The molecule has 0 saturated heterocycles. The lowest BCUT2D eigenvalue weighted by atomic mass is 9.75. The number of ether oxygens (including phenoxy) is 1. The molecule has 1 aliphatic heterocycles. The predicted octanol–water partition coefficient (Wildman–Crippen LogP) is 7.22. The van der Waals surface area contributed by atoms with Gasteiger partial charge in [0.05, 0.1) is 29.7 Å². The second kappa shape index (κ2) is 12.5. The summed E-state index contributed by atoms with van der Waals surface area (Å²) in [6.07, 6.45) is 7.81. The monoisotopic (exact) mass is 718 g/mol. The number of benzene rings is 2. The van der Waals surface area contributed by atoms with Crippen LogP contribution in [0.2, 0.25) is 5.02 Å². The van der Waals surface area contributed by atoms with Crippen molar-refractivity contribution in [1.29, 1.82) is 0 Å². The van der Waals surface area contributed by atoms with Gasteiger partial charge in [0.15, 0.2) is 17.3 Å². The molecule has 14 heteroatoms. The van der Waals surface area contributed by atoms with Gasteiger partial charge in [0.1, 0.15) is 12.9 Å². The van der Waals surface area contributed by atoms with E-state index in [9.17, 15) is 18.4 Å². The third-order valence-electron chi connectivity index (χ3n) is 10.2. The molecule has 0 bridgehead atoms. The Morgan fingerprint density at radius 2 is 1.84 bits per heavy atom. The molecule has 2 aliphatic carbocycles. The smallest absolute Gasteiger partial charge is 0.306 e. The molecule has 3 N–H and O–H groups in total. The number of aliphatic imine (C=N–C) groups is 1. The number of aromatic amines is 1. The van der Waals surface area contributed by atoms with Crippen molar-refractivity contribution >= 4 is 29.4 Å². The van der Waals surface area contributed by atoms with Gasteiger partial charge < -0.3 is 10.5 Å². The van der Waals surface area contributed by atoms with E-state index < -0.39 is 41.2 Å². The Bertz CT molecular complexity index is 1980. The number of rotatable bonds is 12. The summed E-state index contributed by atoms with van der Waals surface area (Å²) in [5.74, 6) is -3.89. The molecule has 0 spiro atoms. The molecule has 51 heavy (non-hydrogen) atoms. The molecule has 2 fully saturated rings. The van der Waals surface area contributed by atoms with Crippen LogP contribution in [0.5, 0.6) is 0 Å². The van der Waals surface area contributed by atoms with Crippen LogP contribution in [0.4, 0.5) is 8.78 Å². The van der Waals surface area contributed by atoms with Gasteiger partial charge in [-0.3, -0.25) is 24.3 Å². The lowest BCUT2D eigenvalue weighted by Gasteiger charge is -2.35. The molecular formula is C37H41ClF2N8O3. The number of nitrogens with one attached hydrogen (secondary N) is 1. The van der Waals surface area contributed by atoms with Crippen LogP contribution in [0.3, 0.4) is 0 Å². The first-order valence-corrected chi connectivity index (χ1v) is 17.5. The molecule has 2 saturated carbocycles. The zero-order valence-corrected chi connectivity index (χ0v) is 29.8. The number of carbonyl (C=O) groups excluding carboxylic acids is 2. The molecule has 11 nitrogen and oxygen atoms in total. The van der Waals surface area contributed by atoms with Crippen LogP contribution in [-0.2, 0) is 19.9 Å². The van der Waals surface area contributed by atoms with Crippen molar-refractivity contribution in [2.24, 2.45) is 21.6 Å². The summed E-state index contributed by atoms with van der Waals surface area (Å²) in [5.41, 5.74) is 7.08. The molecule has 3 aliphatic rings. The molecule has 4 aromatic rings. The van der Waals surface area contributed by atoms with E-state index in [1.807, 2.05) is 62.1 Å². The minimum atomic E-state index is -3.03. The number of nitrogens with two attached hydrogens (primary N) is 1. The Kier molecular flexibility index (Phi) is 8.55. The number of alkyl halides is 2. The van der Waals surface area contributed by atoms with E-state index in [4.69, 9.17) is 27.1 Å². The number of hydrogen-bond acceptors (Lipinski definition) is 8. The van der Waals surface area contributed by atoms with Crippen molar-refractivity contribution in [2.45, 2.75) is 89.8 Å². The molecule has 0 unspecified atom stereocenters. The molecule has 3 heterocycles. The van der Waals surface area contributed by atoms with Gasteiger partial charge >= 0.3 is 5.97 Å². The van der Waals surface area contributed by atoms with E-state index in [0.29, 0.717) is 40.0 Å². The van der Waals surface area contributed by atoms with E-state index >= 15 is 0 Å². The molecule has 2 aromatic heterocycles. The fourth-order valence-corrected chi connectivity index (χ4v) is 7.25. The van der Waals surface area contributed by atoms with Crippen molar-refractivity contribution in [3.05, 3.63) is 77.3 Å². The van der Waals surface area contributed by atoms with E-state index in [0.717, 1.165) is 30.9 Å². The highest BCUT2D eigenvalue weighted by Crippen LogP contribution is 2.59. The molecule has 268 valence electrons. The van der Waals surface area contributed by atoms with Crippen LogP contribution in [0.1, 0.15) is 89.4 Å². The molecule has 2 atom stereocenters. The quantitative estimate of drug-likeness (QED) is 0.147. The van der Waals surface area contributed by atoms with Crippen molar-refractivity contribution in [3.8, 4) is 22.5 Å². The first-order valence-electron chi connectivity index (χ1n) is 17.1. The highest BCUT2D eigenvalue weighted by molar-refractivity contribution is 6.33. The van der Waals surface area contributed by atoms with Crippen LogP contribution < -0.4 is 5.73 Å². The Morgan fingerprint density at radius 1 is 1.12 bits per heavy atom. The Morgan fingerprint density at radius 3 is 2.45 bits per heavy atom. The van der Waals surface area contributed by atoms with E-state index in [2.05, 4.69) is 20.3 Å². The summed E-state index contributed by atoms with van der Waals surface area (Å²) >= 11 is 6.56. The number of guanidine groups is 1. The Balaban J connectivity index is 1.24. The normalized spacial score (nSPS) is 20.7. The van der Waals surface area contributed by atoms with Gasteiger partial charge in [-0.05, 0) is 73.3 Å². The van der Waals surface area contributed by atoms with E-state index in [-0.39, 0.29) is 30.8 Å². The topological polar surface area (TPSA) is 144 Å². The highest BCUT2D eigenvalue weighted by atomic mass is 35.5. The maximum Gasteiger partial charge on any atom is 0.306 e. The number of nitrogens with zero attached hydrogens (tertiary/aromatic N) is 6. The van der Waals surface area contributed by atoms with Gasteiger partial charge in [-0.1, -0.05) is 62.7 Å². The minimum Gasteiger partial charge on any atom is -0.463 e. The number of H-pyrrole nitrogens is 1. The fourth-order valence-electron chi connectivity index (χ4n) is 7.05. The standard InChI is InChI=1S/C37H41ClF2N8O3/c1-34(2,3)20-37(25-8-5-22(6-9-25)24-17-44-47(18-24)26-10-11-26)32(50)48(33(41)45-37)29(19-51-30(49)16-36(13-14-36)35(4,39)40)23-7-12-28(38)27(15-23)31-42-21-43-46-31/h5-9,12,15,17-18,21,26,29H,10-11,13-14,16,19-20H2,1-4H3,(H2,41,45)(H,42,43,46)/t29-,37-/m1/s1. The summed E-state index contributed by atoms with van der Waals surface area (Å²) < 4.78 is 36.4. The Labute approximate surface area is 299 Å². The SMILES string of the molecule is CC(C)(C)C[C@]1(c2ccc(-c3cnn(C4CC4)c3)cc2)N=C(N)N([C@H](COC(=O)CC2(C(C)(F)F)CC2)c2ccc(Cl)c(-c3ncn[nH]3)c2)C1=O. The van der Waals surface area contributed by atoms with Crippen LogP contribution in [0.15, 0.2) is 66.2 Å². The van der Waals surface area contributed by atoms with E-state index in [1.54, 1.807) is 18.2 Å². The number of esters is 1. The van der Waals surface area contributed by atoms with Gasteiger partial charge in [0.2, 0.25) is 0 Å². The fraction of sp³-hybridized carbons (Fsp3) is 0.459. The van der Waals surface area contributed by atoms with Gasteiger partial charge in [-0.15, -0.1) is 0 Å². The number of aromatic nitrogens is 5. The third kappa shape index (κ3) is 6.75. The average Bonchev–Trinajstić information content (AvgIpc) is 3.93. The number of hydrogen-bond donors (Lipinski definition) is 2. The van der Waals surface area contributed by atoms with Gasteiger partial charge in [0, 0.05) is 22.7 Å². The summed E-state index contributed by atoms with van der Waals surface area (Å²) in [5, 5.41) is 11.6. The summed E-state index contributed by atoms with van der Waals surface area (Å²) in [7, 11) is 0. The molecule has 2 aromatic carbocycles. The minimum absolute atomic E-state index is 0.0602. The number of carbonyl (C=O) groups is 2. The second-order valence-corrected chi connectivity index (χ2v) is 15.8. The summed E-state index contributed by atoms with van der Waals surface area (Å²) in [6.45, 7) is 6.54. The summed E-state index contributed by atoms with van der Waals surface area (Å²) in [4.78, 5) is 38.6. The van der Waals surface area contributed by atoms with Crippen LogP contribution in [-0.4, -0.2) is 60.2 Å². The maximum absolute atomic E-state index is 15.0. The van der Waals surface area contributed by atoms with Gasteiger partial charge in [0.25, 0.3) is 11.8 Å². The lowest BCUT2D eigenvalue weighted by molar-refractivity contribution is -0.153. The van der Waals surface area contributed by atoms with Gasteiger partial charge in [-0.2, -0.15) is 10.2 Å². The summed E-state index contributed by atoms with van der Waals surface area (Å²) in [6, 6.07) is 12.2. The van der Waals surface area contributed by atoms with Gasteiger partial charge in [-0.25, -0.2) is 18.8 Å². The lowest BCUT2D eigenvalue weighted by Crippen LogP contribution is -2.47. The Hall–Kier alpha value is -4.65. The van der Waals surface area contributed by atoms with Crippen molar-refractivity contribution in [1.82, 2.24) is 29.9 Å². The first-order chi connectivity index (χ1) is 24.1. The second-order valence-electron chi connectivity index (χ2n) is 15.4.